The van der Waals surface area contributed by atoms with Gasteiger partial charge in [-0.1, -0.05) is 5.16 Å². The molecule has 1 unspecified atom stereocenters. The SMILES string of the molecule is Cc1noc(C)c1CCC(=O)N1CCN(CC(O)c2ccco2)CC1. The van der Waals surface area contributed by atoms with Crippen LogP contribution in [0.3, 0.4) is 0 Å². The molecule has 0 spiro atoms. The lowest BCUT2D eigenvalue weighted by Crippen LogP contribution is -2.49. The van der Waals surface area contributed by atoms with E-state index in [1.165, 1.54) is 0 Å². The maximum absolute atomic E-state index is 12.4. The molecule has 1 fully saturated rings. The highest BCUT2D eigenvalue weighted by Gasteiger charge is 2.24. The highest BCUT2D eigenvalue weighted by molar-refractivity contribution is 5.76. The number of hydrogen-bond acceptors (Lipinski definition) is 6. The Morgan fingerprint density at radius 3 is 2.68 bits per heavy atom. The zero-order chi connectivity index (χ0) is 17.8. The maximum atomic E-state index is 12.4. The Balaban J connectivity index is 1.43. The van der Waals surface area contributed by atoms with Gasteiger partial charge in [0, 0.05) is 44.7 Å². The Hall–Kier alpha value is -2.12. The van der Waals surface area contributed by atoms with Crippen LogP contribution in [0, 0.1) is 13.8 Å². The molecule has 0 aliphatic carbocycles. The highest BCUT2D eigenvalue weighted by atomic mass is 16.5. The minimum absolute atomic E-state index is 0.159. The second-order valence-corrected chi connectivity index (χ2v) is 6.52. The number of carbonyl (C=O) groups excluding carboxylic acids is 1. The number of rotatable bonds is 6. The molecule has 0 bridgehead atoms. The molecule has 0 aromatic carbocycles. The van der Waals surface area contributed by atoms with Gasteiger partial charge in [-0.05, 0) is 32.4 Å². The summed E-state index contributed by atoms with van der Waals surface area (Å²) < 4.78 is 10.4. The molecule has 2 aromatic rings. The molecule has 1 aliphatic heterocycles. The van der Waals surface area contributed by atoms with E-state index >= 15 is 0 Å². The maximum Gasteiger partial charge on any atom is 0.222 e. The Kier molecular flexibility index (Phi) is 5.55. The van der Waals surface area contributed by atoms with Gasteiger partial charge in [-0.15, -0.1) is 0 Å². The van der Waals surface area contributed by atoms with Crippen molar-refractivity contribution in [3.8, 4) is 0 Å². The number of nitrogens with zero attached hydrogens (tertiary/aromatic N) is 3. The van der Waals surface area contributed by atoms with E-state index in [1.807, 2.05) is 18.7 Å². The number of amides is 1. The summed E-state index contributed by atoms with van der Waals surface area (Å²) in [6, 6.07) is 3.55. The van der Waals surface area contributed by atoms with Crippen LogP contribution in [0.15, 0.2) is 27.3 Å². The third kappa shape index (κ3) is 4.29. The number of aryl methyl sites for hydroxylation is 2. The molecule has 7 heteroatoms. The van der Waals surface area contributed by atoms with Crippen molar-refractivity contribution >= 4 is 5.91 Å². The van der Waals surface area contributed by atoms with Gasteiger partial charge >= 0.3 is 0 Å². The van der Waals surface area contributed by atoms with Crippen molar-refractivity contribution in [3.05, 3.63) is 41.2 Å². The average Bonchev–Trinajstić information content (AvgIpc) is 3.24. The summed E-state index contributed by atoms with van der Waals surface area (Å²) in [4.78, 5) is 16.5. The molecule has 136 valence electrons. The first-order chi connectivity index (χ1) is 12.0. The predicted octanol–water partition coefficient (Wildman–Crippen LogP) is 1.69. The number of hydrogen-bond donors (Lipinski definition) is 1. The van der Waals surface area contributed by atoms with Crippen LogP contribution >= 0.6 is 0 Å². The van der Waals surface area contributed by atoms with Crippen molar-refractivity contribution in [1.82, 2.24) is 15.0 Å². The quantitative estimate of drug-likeness (QED) is 0.856. The topological polar surface area (TPSA) is 83.0 Å². The Labute approximate surface area is 147 Å². The van der Waals surface area contributed by atoms with Gasteiger partial charge in [-0.3, -0.25) is 9.69 Å². The predicted molar refractivity (Wildman–Crippen MR) is 91.0 cm³/mol. The molecule has 0 radical (unpaired) electrons. The molecule has 0 saturated carbocycles. The summed E-state index contributed by atoms with van der Waals surface area (Å²) in [7, 11) is 0. The molecular formula is C18H25N3O4. The van der Waals surface area contributed by atoms with E-state index in [4.69, 9.17) is 8.94 Å². The number of aliphatic hydroxyl groups excluding tert-OH is 1. The molecule has 7 nitrogen and oxygen atoms in total. The molecule has 1 saturated heterocycles. The smallest absolute Gasteiger partial charge is 0.222 e. The van der Waals surface area contributed by atoms with E-state index in [9.17, 15) is 9.90 Å². The van der Waals surface area contributed by atoms with Gasteiger partial charge in [-0.2, -0.15) is 0 Å². The largest absolute Gasteiger partial charge is 0.467 e. The first-order valence-electron chi connectivity index (χ1n) is 8.68. The number of aromatic nitrogens is 1. The third-order valence-electron chi connectivity index (χ3n) is 4.80. The second kappa shape index (κ2) is 7.84. The van der Waals surface area contributed by atoms with Crippen LogP contribution in [0.1, 0.15) is 35.3 Å². The fourth-order valence-electron chi connectivity index (χ4n) is 3.24. The van der Waals surface area contributed by atoms with E-state index in [1.54, 1.807) is 18.4 Å². The van der Waals surface area contributed by atoms with Gasteiger partial charge in [-0.25, -0.2) is 0 Å². The summed E-state index contributed by atoms with van der Waals surface area (Å²) in [5.74, 6) is 1.53. The van der Waals surface area contributed by atoms with E-state index in [-0.39, 0.29) is 5.91 Å². The molecule has 2 aromatic heterocycles. The Morgan fingerprint density at radius 1 is 1.32 bits per heavy atom. The highest BCUT2D eigenvalue weighted by Crippen LogP contribution is 2.17. The standard InChI is InChI=1S/C18H25N3O4/c1-13-15(14(2)25-19-13)5-6-18(23)21-9-7-20(8-10-21)12-16(22)17-4-3-11-24-17/h3-4,11,16,22H,5-10,12H2,1-2H3. The van der Waals surface area contributed by atoms with Crippen LogP contribution in [0.5, 0.6) is 0 Å². The molecule has 1 aliphatic rings. The van der Waals surface area contributed by atoms with Gasteiger partial charge in [0.25, 0.3) is 0 Å². The summed E-state index contributed by atoms with van der Waals surface area (Å²) in [5.41, 5.74) is 1.90. The molecule has 1 N–H and O–H groups in total. The zero-order valence-electron chi connectivity index (χ0n) is 14.8. The second-order valence-electron chi connectivity index (χ2n) is 6.52. The van der Waals surface area contributed by atoms with Gasteiger partial charge in [0.2, 0.25) is 5.91 Å². The van der Waals surface area contributed by atoms with E-state index in [0.717, 1.165) is 30.1 Å². The number of piperazine rings is 1. The zero-order valence-corrected chi connectivity index (χ0v) is 14.8. The van der Waals surface area contributed by atoms with Crippen LogP contribution in [-0.4, -0.2) is 58.7 Å². The van der Waals surface area contributed by atoms with Gasteiger partial charge in [0.15, 0.2) is 0 Å². The van der Waals surface area contributed by atoms with Crippen molar-refractivity contribution in [2.45, 2.75) is 32.8 Å². The van der Waals surface area contributed by atoms with Crippen LogP contribution in [0.2, 0.25) is 0 Å². The first kappa shape index (κ1) is 17.7. The summed E-state index contributed by atoms with van der Waals surface area (Å²) in [6.07, 6.45) is 2.07. The summed E-state index contributed by atoms with van der Waals surface area (Å²) in [6.45, 7) is 7.19. The van der Waals surface area contributed by atoms with E-state index < -0.39 is 6.10 Å². The molecule has 3 heterocycles. The molecule has 25 heavy (non-hydrogen) atoms. The number of carbonyl (C=O) groups is 1. The van der Waals surface area contributed by atoms with Gasteiger partial charge in [0.05, 0.1) is 12.0 Å². The minimum atomic E-state index is -0.628. The van der Waals surface area contributed by atoms with Crippen LogP contribution < -0.4 is 0 Å². The minimum Gasteiger partial charge on any atom is -0.467 e. The lowest BCUT2D eigenvalue weighted by atomic mass is 10.1. The molecule has 1 atom stereocenters. The Bertz CT molecular complexity index is 668. The third-order valence-corrected chi connectivity index (χ3v) is 4.80. The Morgan fingerprint density at radius 2 is 2.08 bits per heavy atom. The fraction of sp³-hybridized carbons (Fsp3) is 0.556. The average molecular weight is 347 g/mol. The number of aliphatic hydroxyl groups is 1. The van der Waals surface area contributed by atoms with Gasteiger partial charge < -0.3 is 18.9 Å². The first-order valence-corrected chi connectivity index (χ1v) is 8.68. The van der Waals surface area contributed by atoms with Crippen molar-refractivity contribution < 1.29 is 18.8 Å². The van der Waals surface area contributed by atoms with E-state index in [2.05, 4.69) is 10.1 Å². The lowest BCUT2D eigenvalue weighted by molar-refractivity contribution is -0.133. The molecule has 1 amide bonds. The summed E-state index contributed by atoms with van der Waals surface area (Å²) >= 11 is 0. The fourth-order valence-corrected chi connectivity index (χ4v) is 3.24. The van der Waals surface area contributed by atoms with Crippen molar-refractivity contribution in [2.75, 3.05) is 32.7 Å². The summed E-state index contributed by atoms with van der Waals surface area (Å²) in [5, 5.41) is 14.1. The van der Waals surface area contributed by atoms with Crippen molar-refractivity contribution in [1.29, 1.82) is 0 Å². The van der Waals surface area contributed by atoms with Crippen LogP contribution in [-0.2, 0) is 11.2 Å². The molecule has 3 rings (SSSR count). The number of furan rings is 1. The lowest BCUT2D eigenvalue weighted by Gasteiger charge is -2.35. The normalized spacial score (nSPS) is 17.0. The monoisotopic (exact) mass is 347 g/mol. The van der Waals surface area contributed by atoms with Crippen LogP contribution in [0.25, 0.3) is 0 Å². The van der Waals surface area contributed by atoms with Gasteiger partial charge in [0.1, 0.15) is 17.6 Å². The van der Waals surface area contributed by atoms with E-state index in [0.29, 0.717) is 38.2 Å². The van der Waals surface area contributed by atoms with Crippen molar-refractivity contribution in [2.24, 2.45) is 0 Å². The molecular weight excluding hydrogens is 322 g/mol. The number of β-amino-alcohol motifs (C(OH)–C–C–N with tert-alkyl or cyclic N) is 1. The van der Waals surface area contributed by atoms with Crippen LogP contribution in [0.4, 0.5) is 0 Å². The van der Waals surface area contributed by atoms with Crippen molar-refractivity contribution in [3.63, 3.8) is 0 Å².